The molecule has 0 aliphatic rings. The number of fused-ring (bicyclic) bond motifs is 1. The van der Waals surface area contributed by atoms with Gasteiger partial charge in [-0.3, -0.25) is 4.98 Å². The molecule has 0 unspecified atom stereocenters. The summed E-state index contributed by atoms with van der Waals surface area (Å²) in [5, 5.41) is 15.6. The first kappa shape index (κ1) is 16.4. The third-order valence-corrected chi connectivity index (χ3v) is 4.47. The van der Waals surface area contributed by atoms with E-state index in [4.69, 9.17) is 11.6 Å². The third-order valence-electron chi connectivity index (χ3n) is 4.23. The van der Waals surface area contributed by atoms with E-state index in [0.29, 0.717) is 10.8 Å². The largest absolute Gasteiger partial charge is 0.508 e. The quantitative estimate of drug-likeness (QED) is 0.525. The molecule has 0 bridgehead atoms. The summed E-state index contributed by atoms with van der Waals surface area (Å²) in [5.41, 5.74) is 2.48. The lowest BCUT2D eigenvalue weighted by Gasteiger charge is -2.23. The Labute approximate surface area is 156 Å². The molecule has 0 spiro atoms. The second-order valence-corrected chi connectivity index (χ2v) is 6.35. The van der Waals surface area contributed by atoms with Crippen LogP contribution in [0.5, 0.6) is 5.75 Å². The first-order valence-electron chi connectivity index (χ1n) is 8.22. The maximum absolute atomic E-state index is 10.7. The maximum Gasteiger partial charge on any atom is 0.126 e. The molecule has 128 valence electrons. The lowest BCUT2D eigenvalue weighted by Crippen LogP contribution is -2.14. The molecule has 0 aliphatic carbocycles. The summed E-state index contributed by atoms with van der Waals surface area (Å²) in [5.74, 6) is 0.900. The van der Waals surface area contributed by atoms with Crippen LogP contribution in [0.15, 0.2) is 79.1 Å². The Morgan fingerprint density at radius 1 is 0.885 bits per heavy atom. The highest BCUT2D eigenvalue weighted by Gasteiger charge is 2.21. The van der Waals surface area contributed by atoms with E-state index in [1.165, 1.54) is 0 Å². The van der Waals surface area contributed by atoms with E-state index in [2.05, 4.69) is 15.3 Å². The Bertz CT molecular complexity index is 1050. The molecule has 2 aromatic carbocycles. The SMILES string of the molecule is Oc1ccc2ncccc2c1[C@@H](Nc1ccccn1)c1cccc(Cl)c1. The Morgan fingerprint density at radius 3 is 2.58 bits per heavy atom. The maximum atomic E-state index is 10.7. The molecular formula is C21H16ClN3O. The number of halogens is 1. The summed E-state index contributed by atoms with van der Waals surface area (Å²) >= 11 is 6.22. The first-order chi connectivity index (χ1) is 12.7. The monoisotopic (exact) mass is 361 g/mol. The van der Waals surface area contributed by atoms with Crippen LogP contribution in [0.3, 0.4) is 0 Å². The fourth-order valence-corrected chi connectivity index (χ4v) is 3.27. The Morgan fingerprint density at radius 2 is 1.77 bits per heavy atom. The number of aromatic nitrogens is 2. The van der Waals surface area contributed by atoms with Crippen molar-refractivity contribution >= 4 is 28.3 Å². The van der Waals surface area contributed by atoms with Crippen molar-refractivity contribution in [1.82, 2.24) is 9.97 Å². The lowest BCUT2D eigenvalue weighted by molar-refractivity contribution is 0.468. The third kappa shape index (κ3) is 3.19. The Balaban J connectivity index is 1.92. The molecule has 2 heterocycles. The van der Waals surface area contributed by atoms with E-state index in [9.17, 15) is 5.11 Å². The second kappa shape index (κ2) is 7.02. The average Bonchev–Trinajstić information content (AvgIpc) is 2.67. The fraction of sp³-hybridized carbons (Fsp3) is 0.0476. The Kier molecular flexibility index (Phi) is 4.42. The zero-order valence-electron chi connectivity index (χ0n) is 13.8. The number of hydrogen-bond donors (Lipinski definition) is 2. The van der Waals surface area contributed by atoms with Crippen LogP contribution in [-0.4, -0.2) is 15.1 Å². The van der Waals surface area contributed by atoms with Crippen LogP contribution in [0, 0.1) is 0 Å². The standard InChI is InChI=1S/C21H16ClN3O/c22-15-6-3-5-14(13-15)21(25-19-8-1-2-11-24-19)20-16-7-4-12-23-17(16)9-10-18(20)26/h1-13,21,26H,(H,24,25)/t21-/m0/s1. The van der Waals surface area contributed by atoms with Crippen molar-refractivity contribution in [3.05, 3.63) is 95.3 Å². The normalized spacial score (nSPS) is 12.0. The molecule has 2 N–H and O–H groups in total. The predicted molar refractivity (Wildman–Crippen MR) is 105 cm³/mol. The van der Waals surface area contributed by atoms with Gasteiger partial charge in [0.25, 0.3) is 0 Å². The number of aromatic hydroxyl groups is 1. The smallest absolute Gasteiger partial charge is 0.126 e. The Hall–Kier alpha value is -3.11. The van der Waals surface area contributed by atoms with Crippen LogP contribution >= 0.6 is 11.6 Å². The van der Waals surface area contributed by atoms with Crippen molar-refractivity contribution in [2.24, 2.45) is 0 Å². The van der Waals surface area contributed by atoms with Gasteiger partial charge in [0.1, 0.15) is 11.6 Å². The van der Waals surface area contributed by atoms with Gasteiger partial charge in [-0.25, -0.2) is 4.98 Å². The van der Waals surface area contributed by atoms with Gasteiger partial charge in [-0.1, -0.05) is 35.9 Å². The van der Waals surface area contributed by atoms with Gasteiger partial charge in [0, 0.05) is 28.4 Å². The molecule has 0 aliphatic heterocycles. The molecule has 4 aromatic rings. The average molecular weight is 362 g/mol. The molecule has 0 fully saturated rings. The number of phenolic OH excluding ortho intramolecular Hbond substituents is 1. The van der Waals surface area contributed by atoms with Gasteiger partial charge in [0.2, 0.25) is 0 Å². The van der Waals surface area contributed by atoms with Crippen LogP contribution in [0.2, 0.25) is 5.02 Å². The molecule has 0 saturated carbocycles. The van der Waals surface area contributed by atoms with Gasteiger partial charge in [-0.15, -0.1) is 0 Å². The zero-order chi connectivity index (χ0) is 17.9. The number of rotatable bonds is 4. The number of hydrogen-bond acceptors (Lipinski definition) is 4. The molecule has 0 saturated heterocycles. The number of nitrogens with one attached hydrogen (secondary N) is 1. The van der Waals surface area contributed by atoms with Crippen molar-refractivity contribution in [3.63, 3.8) is 0 Å². The molecule has 4 rings (SSSR count). The minimum Gasteiger partial charge on any atom is -0.508 e. The summed E-state index contributed by atoms with van der Waals surface area (Å²) in [6.45, 7) is 0. The predicted octanol–water partition coefficient (Wildman–Crippen LogP) is 5.19. The molecular weight excluding hydrogens is 346 g/mol. The highest BCUT2D eigenvalue weighted by molar-refractivity contribution is 6.30. The summed E-state index contributed by atoms with van der Waals surface area (Å²) in [7, 11) is 0. The van der Waals surface area contributed by atoms with Crippen LogP contribution in [0.1, 0.15) is 17.2 Å². The van der Waals surface area contributed by atoms with Crippen LogP contribution in [0.25, 0.3) is 10.9 Å². The van der Waals surface area contributed by atoms with Crippen LogP contribution in [-0.2, 0) is 0 Å². The lowest BCUT2D eigenvalue weighted by atomic mass is 9.94. The number of anilines is 1. The summed E-state index contributed by atoms with van der Waals surface area (Å²) in [4.78, 5) is 8.76. The first-order valence-corrected chi connectivity index (χ1v) is 8.60. The van der Waals surface area contributed by atoms with Crippen molar-refractivity contribution in [2.75, 3.05) is 5.32 Å². The topological polar surface area (TPSA) is 58.0 Å². The number of benzene rings is 2. The van der Waals surface area contributed by atoms with Crippen LogP contribution < -0.4 is 5.32 Å². The molecule has 5 heteroatoms. The van der Waals surface area contributed by atoms with E-state index in [1.807, 2.05) is 60.7 Å². The summed E-state index contributed by atoms with van der Waals surface area (Å²) in [6, 6.07) is 20.2. The molecule has 4 nitrogen and oxygen atoms in total. The number of pyridine rings is 2. The summed E-state index contributed by atoms with van der Waals surface area (Å²) in [6.07, 6.45) is 3.46. The van der Waals surface area contributed by atoms with Gasteiger partial charge in [-0.05, 0) is 48.0 Å². The highest BCUT2D eigenvalue weighted by Crippen LogP contribution is 2.37. The van der Waals surface area contributed by atoms with Crippen molar-refractivity contribution < 1.29 is 5.11 Å². The zero-order valence-corrected chi connectivity index (χ0v) is 14.6. The van der Waals surface area contributed by atoms with Gasteiger partial charge >= 0.3 is 0 Å². The minimum absolute atomic E-state index is 0.193. The molecule has 2 aromatic heterocycles. The van der Waals surface area contributed by atoms with E-state index in [0.717, 1.165) is 22.0 Å². The van der Waals surface area contributed by atoms with E-state index < -0.39 is 0 Å². The van der Waals surface area contributed by atoms with Crippen LogP contribution in [0.4, 0.5) is 5.82 Å². The van der Waals surface area contributed by atoms with Gasteiger partial charge in [0.15, 0.2) is 0 Å². The van der Waals surface area contributed by atoms with Crippen molar-refractivity contribution in [1.29, 1.82) is 0 Å². The fourth-order valence-electron chi connectivity index (χ4n) is 3.07. The van der Waals surface area contributed by atoms with E-state index >= 15 is 0 Å². The van der Waals surface area contributed by atoms with Crippen molar-refractivity contribution in [2.45, 2.75) is 6.04 Å². The van der Waals surface area contributed by atoms with Gasteiger partial charge < -0.3 is 10.4 Å². The van der Waals surface area contributed by atoms with E-state index in [1.54, 1.807) is 18.5 Å². The highest BCUT2D eigenvalue weighted by atomic mass is 35.5. The number of phenols is 1. The molecule has 1 atom stereocenters. The number of nitrogens with zero attached hydrogens (tertiary/aromatic N) is 2. The second-order valence-electron chi connectivity index (χ2n) is 5.92. The molecule has 0 radical (unpaired) electrons. The van der Waals surface area contributed by atoms with Crippen molar-refractivity contribution in [3.8, 4) is 5.75 Å². The van der Waals surface area contributed by atoms with Gasteiger partial charge in [0.05, 0.1) is 11.6 Å². The molecule has 26 heavy (non-hydrogen) atoms. The van der Waals surface area contributed by atoms with E-state index in [-0.39, 0.29) is 11.8 Å². The minimum atomic E-state index is -0.337. The molecule has 0 amide bonds. The van der Waals surface area contributed by atoms with Gasteiger partial charge in [-0.2, -0.15) is 0 Å². The summed E-state index contributed by atoms with van der Waals surface area (Å²) < 4.78 is 0.